The van der Waals surface area contributed by atoms with Crippen LogP contribution in [-0.4, -0.2) is 54.7 Å². The minimum Gasteiger partial charge on any atom is -0.336 e. The maximum atomic E-state index is 13.2. The van der Waals surface area contributed by atoms with Crippen molar-refractivity contribution in [2.75, 3.05) is 26.2 Å². The highest BCUT2D eigenvalue weighted by Gasteiger charge is 2.31. The molecule has 0 atom stereocenters. The quantitative estimate of drug-likeness (QED) is 0.498. The molecule has 3 aromatic carbocycles. The average Bonchev–Trinajstić information content (AvgIpc) is 2.83. The van der Waals surface area contributed by atoms with Crippen LogP contribution < -0.4 is 0 Å². The predicted molar refractivity (Wildman–Crippen MR) is 120 cm³/mol. The van der Waals surface area contributed by atoms with Gasteiger partial charge >= 0.3 is 0 Å². The Morgan fingerprint density at radius 2 is 1.58 bits per heavy atom. The number of carbonyl (C=O) groups is 1. The third kappa shape index (κ3) is 3.56. The van der Waals surface area contributed by atoms with Crippen molar-refractivity contribution in [1.29, 1.82) is 0 Å². The molecule has 0 unspecified atom stereocenters. The van der Waals surface area contributed by atoms with E-state index in [0.717, 1.165) is 21.7 Å². The van der Waals surface area contributed by atoms with E-state index in [0.29, 0.717) is 18.7 Å². The fraction of sp³-hybridized carbons (Fsp3) is 0.167. The maximum absolute atomic E-state index is 13.2. The molecule has 156 valence electrons. The first-order valence-electron chi connectivity index (χ1n) is 10.2. The molecule has 5 rings (SSSR count). The van der Waals surface area contributed by atoms with Gasteiger partial charge in [0.2, 0.25) is 10.0 Å². The van der Waals surface area contributed by atoms with Crippen molar-refractivity contribution in [1.82, 2.24) is 14.2 Å². The highest BCUT2D eigenvalue weighted by atomic mass is 32.2. The topological polar surface area (TPSA) is 70.6 Å². The van der Waals surface area contributed by atoms with E-state index < -0.39 is 10.0 Å². The predicted octanol–water partition coefficient (Wildman–Crippen LogP) is 3.53. The van der Waals surface area contributed by atoms with E-state index in [2.05, 4.69) is 4.98 Å². The summed E-state index contributed by atoms with van der Waals surface area (Å²) in [7, 11) is -3.62. The molecule has 1 saturated heterocycles. The zero-order valence-corrected chi connectivity index (χ0v) is 17.6. The Kier molecular flexibility index (Phi) is 4.92. The van der Waals surface area contributed by atoms with Gasteiger partial charge in [0.05, 0.1) is 10.4 Å². The van der Waals surface area contributed by atoms with Crippen LogP contribution in [-0.2, 0) is 10.0 Å². The molecule has 0 spiro atoms. The number of rotatable bonds is 3. The standard InChI is InChI=1S/C24H21N3O3S/c28-24(22-7-3-9-23-21(22)8-4-12-25-23)26-13-15-27(16-14-26)31(29,30)20-11-10-18-5-1-2-6-19(18)17-20/h1-12,17H,13-16H2. The monoisotopic (exact) mass is 431 g/mol. The van der Waals surface area contributed by atoms with Gasteiger partial charge in [-0.2, -0.15) is 4.31 Å². The van der Waals surface area contributed by atoms with Crippen LogP contribution in [0.1, 0.15) is 10.4 Å². The van der Waals surface area contributed by atoms with E-state index in [-0.39, 0.29) is 23.9 Å². The largest absolute Gasteiger partial charge is 0.336 e. The molecule has 0 saturated carbocycles. The second-order valence-electron chi connectivity index (χ2n) is 7.58. The van der Waals surface area contributed by atoms with Crippen molar-refractivity contribution in [2.45, 2.75) is 4.90 Å². The number of hydrogen-bond acceptors (Lipinski definition) is 4. The average molecular weight is 432 g/mol. The first kappa shape index (κ1) is 19.7. The molecular formula is C24H21N3O3S. The fourth-order valence-electron chi connectivity index (χ4n) is 4.07. The number of amides is 1. The Morgan fingerprint density at radius 3 is 2.39 bits per heavy atom. The zero-order valence-electron chi connectivity index (χ0n) is 16.8. The molecule has 7 heteroatoms. The third-order valence-corrected chi connectivity index (χ3v) is 7.66. The second kappa shape index (κ2) is 7.76. The van der Waals surface area contributed by atoms with Gasteiger partial charge in [-0.3, -0.25) is 9.78 Å². The Morgan fingerprint density at radius 1 is 0.806 bits per heavy atom. The van der Waals surface area contributed by atoms with Gasteiger partial charge in [-0.15, -0.1) is 0 Å². The Balaban J connectivity index is 1.35. The SMILES string of the molecule is O=C(c1cccc2ncccc12)N1CCN(S(=O)(=O)c2ccc3ccccc3c2)CC1. The van der Waals surface area contributed by atoms with E-state index in [1.807, 2.05) is 54.6 Å². The van der Waals surface area contributed by atoms with Crippen molar-refractivity contribution in [3.63, 3.8) is 0 Å². The molecule has 1 aliphatic heterocycles. The summed E-state index contributed by atoms with van der Waals surface area (Å²) < 4.78 is 27.8. The summed E-state index contributed by atoms with van der Waals surface area (Å²) in [4.78, 5) is 19.4. The van der Waals surface area contributed by atoms with Gasteiger partial charge in [-0.25, -0.2) is 8.42 Å². The molecule has 0 radical (unpaired) electrons. The highest BCUT2D eigenvalue weighted by Crippen LogP contribution is 2.24. The van der Waals surface area contributed by atoms with Crippen LogP contribution in [0.5, 0.6) is 0 Å². The Labute approximate surface area is 180 Å². The molecule has 1 aliphatic rings. The van der Waals surface area contributed by atoms with Crippen LogP contribution in [0.25, 0.3) is 21.7 Å². The summed E-state index contributed by atoms with van der Waals surface area (Å²) in [5, 5.41) is 2.70. The lowest BCUT2D eigenvalue weighted by atomic mass is 10.1. The Bertz CT molecular complexity index is 1390. The molecule has 1 aromatic heterocycles. The zero-order chi connectivity index (χ0) is 21.4. The smallest absolute Gasteiger partial charge is 0.254 e. The summed E-state index contributed by atoms with van der Waals surface area (Å²) in [6.07, 6.45) is 1.70. The van der Waals surface area contributed by atoms with E-state index in [1.54, 1.807) is 29.3 Å². The van der Waals surface area contributed by atoms with Crippen molar-refractivity contribution in [3.8, 4) is 0 Å². The van der Waals surface area contributed by atoms with Gasteiger partial charge in [0.1, 0.15) is 0 Å². The minimum atomic E-state index is -3.62. The summed E-state index contributed by atoms with van der Waals surface area (Å²) in [5.41, 5.74) is 1.36. The molecule has 2 heterocycles. The lowest BCUT2D eigenvalue weighted by Crippen LogP contribution is -2.50. The molecule has 6 nitrogen and oxygen atoms in total. The van der Waals surface area contributed by atoms with Crippen LogP contribution in [0.3, 0.4) is 0 Å². The molecule has 0 N–H and O–H groups in total. The number of nitrogens with zero attached hydrogens (tertiary/aromatic N) is 3. The first-order chi connectivity index (χ1) is 15.0. The van der Waals surface area contributed by atoms with E-state index in [9.17, 15) is 13.2 Å². The van der Waals surface area contributed by atoms with E-state index in [1.165, 1.54) is 4.31 Å². The summed E-state index contributed by atoms with van der Waals surface area (Å²) in [5.74, 6) is -0.0960. The minimum absolute atomic E-state index is 0.0960. The van der Waals surface area contributed by atoms with Gasteiger partial charge in [0, 0.05) is 43.3 Å². The number of hydrogen-bond donors (Lipinski definition) is 0. The van der Waals surface area contributed by atoms with Crippen molar-refractivity contribution >= 4 is 37.6 Å². The summed E-state index contributed by atoms with van der Waals surface area (Å²) in [6, 6.07) is 22.1. The molecule has 0 aliphatic carbocycles. The highest BCUT2D eigenvalue weighted by molar-refractivity contribution is 7.89. The molecule has 0 bridgehead atoms. The van der Waals surface area contributed by atoms with Crippen molar-refractivity contribution < 1.29 is 13.2 Å². The van der Waals surface area contributed by atoms with Gasteiger partial charge in [-0.1, -0.05) is 42.5 Å². The fourth-order valence-corrected chi connectivity index (χ4v) is 5.53. The number of sulfonamides is 1. The lowest BCUT2D eigenvalue weighted by Gasteiger charge is -2.34. The number of carbonyl (C=O) groups excluding carboxylic acids is 1. The van der Waals surface area contributed by atoms with Gasteiger partial charge in [-0.05, 0) is 41.1 Å². The van der Waals surface area contributed by atoms with Gasteiger partial charge < -0.3 is 4.90 Å². The molecule has 4 aromatic rings. The Hall–Kier alpha value is -3.29. The van der Waals surface area contributed by atoms with Crippen LogP contribution in [0.2, 0.25) is 0 Å². The normalized spacial score (nSPS) is 15.4. The van der Waals surface area contributed by atoms with Crippen LogP contribution in [0.15, 0.2) is 83.9 Å². The van der Waals surface area contributed by atoms with Crippen LogP contribution >= 0.6 is 0 Å². The molecule has 1 fully saturated rings. The number of benzene rings is 3. The van der Waals surface area contributed by atoms with Crippen molar-refractivity contribution in [3.05, 3.63) is 84.6 Å². The lowest BCUT2D eigenvalue weighted by molar-refractivity contribution is 0.0700. The number of pyridine rings is 1. The van der Waals surface area contributed by atoms with E-state index >= 15 is 0 Å². The number of fused-ring (bicyclic) bond motifs is 2. The third-order valence-electron chi connectivity index (χ3n) is 5.76. The number of piperazine rings is 1. The van der Waals surface area contributed by atoms with E-state index in [4.69, 9.17) is 0 Å². The second-order valence-corrected chi connectivity index (χ2v) is 9.52. The van der Waals surface area contributed by atoms with Crippen LogP contribution in [0, 0.1) is 0 Å². The first-order valence-corrected chi connectivity index (χ1v) is 11.6. The van der Waals surface area contributed by atoms with Gasteiger partial charge in [0.15, 0.2) is 0 Å². The molecular weight excluding hydrogens is 410 g/mol. The van der Waals surface area contributed by atoms with Gasteiger partial charge in [0.25, 0.3) is 5.91 Å². The summed E-state index contributed by atoms with van der Waals surface area (Å²) in [6.45, 7) is 1.23. The number of aromatic nitrogens is 1. The van der Waals surface area contributed by atoms with Crippen molar-refractivity contribution in [2.24, 2.45) is 0 Å². The van der Waals surface area contributed by atoms with Crippen LogP contribution in [0.4, 0.5) is 0 Å². The summed E-state index contributed by atoms with van der Waals surface area (Å²) >= 11 is 0. The molecule has 1 amide bonds. The molecule has 31 heavy (non-hydrogen) atoms. The maximum Gasteiger partial charge on any atom is 0.254 e.